The Morgan fingerprint density at radius 2 is 2.27 bits per heavy atom. The van der Waals surface area contributed by atoms with Crippen LogP contribution in [0.4, 0.5) is 0 Å². The molecule has 86 valence electrons. The first-order valence-electron chi connectivity index (χ1n) is 5.58. The molecule has 0 unspecified atom stereocenters. The first-order chi connectivity index (χ1) is 7.38. The summed E-state index contributed by atoms with van der Waals surface area (Å²) in [6.07, 6.45) is 3.63. The van der Waals surface area contributed by atoms with Crippen molar-refractivity contribution in [1.29, 1.82) is 0 Å². The van der Waals surface area contributed by atoms with E-state index in [2.05, 4.69) is 24.1 Å². The second kappa shape index (κ2) is 7.43. The van der Waals surface area contributed by atoms with Crippen LogP contribution in [0.3, 0.4) is 0 Å². The number of hydrogen-bond donors (Lipinski definition) is 1. The van der Waals surface area contributed by atoms with E-state index in [9.17, 15) is 0 Å². The maximum absolute atomic E-state index is 5.41. The van der Waals surface area contributed by atoms with Crippen LogP contribution in [0, 0.1) is 0 Å². The van der Waals surface area contributed by atoms with Crippen molar-refractivity contribution in [2.24, 2.45) is 0 Å². The fourth-order valence-electron chi connectivity index (χ4n) is 1.25. The molecule has 1 rings (SSSR count). The molecule has 0 saturated heterocycles. The topological polar surface area (TPSA) is 47.3 Å². The van der Waals surface area contributed by atoms with Gasteiger partial charge in [0.15, 0.2) is 12.2 Å². The van der Waals surface area contributed by atoms with Crippen molar-refractivity contribution in [2.75, 3.05) is 13.2 Å². The summed E-state index contributed by atoms with van der Waals surface area (Å²) < 4.78 is 10.7. The van der Waals surface area contributed by atoms with Crippen molar-refractivity contribution < 1.29 is 9.15 Å². The van der Waals surface area contributed by atoms with E-state index in [0.717, 1.165) is 44.0 Å². The Kier molecular flexibility index (Phi) is 6.04. The van der Waals surface area contributed by atoms with E-state index < -0.39 is 0 Å². The fourth-order valence-corrected chi connectivity index (χ4v) is 1.25. The van der Waals surface area contributed by atoms with Crippen LogP contribution in [-0.2, 0) is 17.9 Å². The van der Waals surface area contributed by atoms with Gasteiger partial charge in [0, 0.05) is 13.2 Å². The molecule has 0 radical (unpaired) electrons. The van der Waals surface area contributed by atoms with Crippen LogP contribution in [0.25, 0.3) is 0 Å². The number of nitrogens with zero attached hydrogens (tertiary/aromatic N) is 1. The summed E-state index contributed by atoms with van der Waals surface area (Å²) in [7, 11) is 0. The predicted octanol–water partition coefficient (Wildman–Crippen LogP) is 2.10. The van der Waals surface area contributed by atoms with Crippen LogP contribution < -0.4 is 5.32 Å². The Labute approximate surface area is 91.0 Å². The summed E-state index contributed by atoms with van der Waals surface area (Å²) in [6.45, 7) is 7.28. The molecule has 0 atom stereocenters. The zero-order valence-corrected chi connectivity index (χ0v) is 9.58. The summed E-state index contributed by atoms with van der Waals surface area (Å²) in [4.78, 5) is 4.16. The number of ether oxygens (including phenoxy) is 1. The maximum Gasteiger partial charge on any atom is 0.181 e. The van der Waals surface area contributed by atoms with Crippen molar-refractivity contribution in [3.05, 3.63) is 17.8 Å². The molecule has 1 heterocycles. The van der Waals surface area contributed by atoms with Gasteiger partial charge in [0.2, 0.25) is 0 Å². The van der Waals surface area contributed by atoms with E-state index in [1.807, 2.05) is 0 Å². The molecule has 4 nitrogen and oxygen atoms in total. The minimum absolute atomic E-state index is 0.525. The van der Waals surface area contributed by atoms with E-state index in [1.54, 1.807) is 0 Å². The summed E-state index contributed by atoms with van der Waals surface area (Å²) in [5.74, 6) is 0.840. The van der Waals surface area contributed by atoms with Crippen molar-refractivity contribution in [1.82, 2.24) is 10.3 Å². The van der Waals surface area contributed by atoms with Crippen molar-refractivity contribution in [3.63, 3.8) is 0 Å². The number of nitrogens with one attached hydrogen (secondary N) is 1. The zero-order chi connectivity index (χ0) is 10.9. The van der Waals surface area contributed by atoms with Gasteiger partial charge in [0.25, 0.3) is 0 Å². The molecule has 4 heteroatoms. The Balaban J connectivity index is 2.32. The van der Waals surface area contributed by atoms with Gasteiger partial charge >= 0.3 is 0 Å². The summed E-state index contributed by atoms with van der Waals surface area (Å²) in [6, 6.07) is 0. The highest BCUT2D eigenvalue weighted by Crippen LogP contribution is 2.08. The van der Waals surface area contributed by atoms with Crippen molar-refractivity contribution in [2.45, 2.75) is 39.8 Å². The molecule has 0 fully saturated rings. The van der Waals surface area contributed by atoms with Gasteiger partial charge in [-0.05, 0) is 19.4 Å². The third-order valence-corrected chi connectivity index (χ3v) is 2.03. The summed E-state index contributed by atoms with van der Waals surface area (Å²) >= 11 is 0. The molecule has 0 bridgehead atoms. The lowest BCUT2D eigenvalue weighted by Crippen LogP contribution is -2.15. The van der Waals surface area contributed by atoms with Gasteiger partial charge in [-0.3, -0.25) is 0 Å². The molecule has 0 amide bonds. The summed E-state index contributed by atoms with van der Waals surface area (Å²) in [5, 5.41) is 3.29. The average Bonchev–Trinajstić information content (AvgIpc) is 2.67. The van der Waals surface area contributed by atoms with E-state index in [-0.39, 0.29) is 0 Å². The molecule has 1 aromatic heterocycles. The highest BCUT2D eigenvalue weighted by Gasteiger charge is 2.07. The highest BCUT2D eigenvalue weighted by molar-refractivity contribution is 5.05. The van der Waals surface area contributed by atoms with Crippen LogP contribution in [0.2, 0.25) is 0 Å². The van der Waals surface area contributed by atoms with Gasteiger partial charge in [-0.15, -0.1) is 0 Å². The SMILES string of the molecule is CCCNCc1ncoc1COCCC. The standard InChI is InChI=1S/C11H20N2O2/c1-3-5-12-7-10-11(15-9-13-10)8-14-6-4-2/h9,12H,3-8H2,1-2H3. The fraction of sp³-hybridized carbons (Fsp3) is 0.727. The Bertz CT molecular complexity index is 236. The Morgan fingerprint density at radius 1 is 1.40 bits per heavy atom. The molecular formula is C11H20N2O2. The molecule has 15 heavy (non-hydrogen) atoms. The number of oxazole rings is 1. The van der Waals surface area contributed by atoms with Gasteiger partial charge in [0.1, 0.15) is 6.61 Å². The minimum atomic E-state index is 0.525. The van der Waals surface area contributed by atoms with Crippen LogP contribution in [0.5, 0.6) is 0 Å². The van der Waals surface area contributed by atoms with Crippen LogP contribution >= 0.6 is 0 Å². The second-order valence-electron chi connectivity index (χ2n) is 3.45. The third kappa shape index (κ3) is 4.44. The normalized spacial score (nSPS) is 10.8. The maximum atomic E-state index is 5.41. The zero-order valence-electron chi connectivity index (χ0n) is 9.58. The second-order valence-corrected chi connectivity index (χ2v) is 3.45. The first-order valence-corrected chi connectivity index (χ1v) is 5.58. The van der Waals surface area contributed by atoms with Crippen LogP contribution in [0.1, 0.15) is 38.1 Å². The molecule has 0 aromatic carbocycles. The van der Waals surface area contributed by atoms with Gasteiger partial charge in [-0.2, -0.15) is 0 Å². The van der Waals surface area contributed by atoms with Gasteiger partial charge in [-0.1, -0.05) is 13.8 Å². The molecule has 0 aliphatic carbocycles. The minimum Gasteiger partial charge on any atom is -0.446 e. The van der Waals surface area contributed by atoms with E-state index in [1.165, 1.54) is 6.39 Å². The average molecular weight is 212 g/mol. The van der Waals surface area contributed by atoms with Crippen LogP contribution in [-0.4, -0.2) is 18.1 Å². The van der Waals surface area contributed by atoms with Gasteiger partial charge in [0.05, 0.1) is 5.69 Å². The molecular weight excluding hydrogens is 192 g/mol. The number of rotatable bonds is 8. The lowest BCUT2D eigenvalue weighted by Gasteiger charge is -2.03. The van der Waals surface area contributed by atoms with E-state index >= 15 is 0 Å². The highest BCUT2D eigenvalue weighted by atomic mass is 16.5. The van der Waals surface area contributed by atoms with Crippen LogP contribution in [0.15, 0.2) is 10.8 Å². The van der Waals surface area contributed by atoms with E-state index in [4.69, 9.17) is 9.15 Å². The summed E-state index contributed by atoms with van der Waals surface area (Å²) in [5.41, 5.74) is 0.958. The van der Waals surface area contributed by atoms with Gasteiger partial charge < -0.3 is 14.5 Å². The largest absolute Gasteiger partial charge is 0.446 e. The predicted molar refractivity (Wildman–Crippen MR) is 58.4 cm³/mol. The smallest absolute Gasteiger partial charge is 0.181 e. The number of hydrogen-bond acceptors (Lipinski definition) is 4. The third-order valence-electron chi connectivity index (χ3n) is 2.03. The molecule has 1 aromatic rings. The molecule has 0 saturated carbocycles. The lowest BCUT2D eigenvalue weighted by atomic mass is 10.3. The number of aromatic nitrogens is 1. The van der Waals surface area contributed by atoms with Gasteiger partial charge in [-0.25, -0.2) is 4.98 Å². The van der Waals surface area contributed by atoms with Crippen molar-refractivity contribution in [3.8, 4) is 0 Å². The molecule has 0 aliphatic rings. The first kappa shape index (κ1) is 12.2. The Morgan fingerprint density at radius 3 is 3.00 bits per heavy atom. The quantitative estimate of drug-likeness (QED) is 0.670. The Hall–Kier alpha value is -0.870. The molecule has 1 N–H and O–H groups in total. The molecule has 0 aliphatic heterocycles. The van der Waals surface area contributed by atoms with E-state index in [0.29, 0.717) is 6.61 Å². The van der Waals surface area contributed by atoms with Crippen molar-refractivity contribution >= 4 is 0 Å². The monoisotopic (exact) mass is 212 g/mol. The lowest BCUT2D eigenvalue weighted by molar-refractivity contribution is 0.106. The molecule has 0 spiro atoms.